The number of benzene rings is 1. The first-order chi connectivity index (χ1) is 10.3. The molecule has 21 heavy (non-hydrogen) atoms. The Morgan fingerprint density at radius 3 is 3.05 bits per heavy atom. The SMILES string of the molecule is CCOCCCN=C(NN)N1CC(C)Cc2ccccc21. The minimum atomic E-state index is 0.585. The highest BCUT2D eigenvalue weighted by atomic mass is 16.5. The van der Waals surface area contributed by atoms with Crippen LogP contribution in [0.25, 0.3) is 0 Å². The van der Waals surface area contributed by atoms with Gasteiger partial charge in [-0.05, 0) is 37.3 Å². The van der Waals surface area contributed by atoms with Crippen molar-refractivity contribution in [1.29, 1.82) is 0 Å². The van der Waals surface area contributed by atoms with E-state index in [1.807, 2.05) is 6.92 Å². The monoisotopic (exact) mass is 290 g/mol. The summed E-state index contributed by atoms with van der Waals surface area (Å²) in [6.45, 7) is 7.40. The molecule has 0 aliphatic carbocycles. The number of nitrogens with zero attached hydrogens (tertiary/aromatic N) is 2. The molecule has 1 aliphatic heterocycles. The fraction of sp³-hybridized carbons (Fsp3) is 0.562. The van der Waals surface area contributed by atoms with Gasteiger partial charge in [0.25, 0.3) is 0 Å². The predicted molar refractivity (Wildman–Crippen MR) is 87.4 cm³/mol. The van der Waals surface area contributed by atoms with Crippen molar-refractivity contribution in [2.24, 2.45) is 16.8 Å². The highest BCUT2D eigenvalue weighted by Crippen LogP contribution is 2.29. The Kier molecular flexibility index (Phi) is 6.02. The van der Waals surface area contributed by atoms with Gasteiger partial charge in [-0.2, -0.15) is 0 Å². The van der Waals surface area contributed by atoms with Crippen LogP contribution in [0.5, 0.6) is 0 Å². The lowest BCUT2D eigenvalue weighted by atomic mass is 9.94. The Hall–Kier alpha value is -1.59. The Morgan fingerprint density at radius 1 is 1.48 bits per heavy atom. The van der Waals surface area contributed by atoms with Gasteiger partial charge in [0.15, 0.2) is 0 Å². The second-order valence-electron chi connectivity index (χ2n) is 5.45. The van der Waals surface area contributed by atoms with Gasteiger partial charge < -0.3 is 9.64 Å². The number of nitrogens with two attached hydrogens (primary N) is 1. The molecule has 0 saturated heterocycles. The number of anilines is 1. The van der Waals surface area contributed by atoms with Crippen molar-refractivity contribution in [3.8, 4) is 0 Å². The van der Waals surface area contributed by atoms with Gasteiger partial charge in [-0.3, -0.25) is 10.4 Å². The maximum Gasteiger partial charge on any atom is 0.212 e. The fourth-order valence-electron chi connectivity index (χ4n) is 2.70. The zero-order valence-electron chi connectivity index (χ0n) is 13.0. The van der Waals surface area contributed by atoms with Crippen molar-refractivity contribution >= 4 is 11.6 Å². The first kappa shape index (κ1) is 15.8. The lowest BCUT2D eigenvalue weighted by molar-refractivity contribution is 0.146. The van der Waals surface area contributed by atoms with Crippen molar-refractivity contribution in [3.05, 3.63) is 29.8 Å². The van der Waals surface area contributed by atoms with E-state index in [9.17, 15) is 0 Å². The maximum atomic E-state index is 5.69. The number of hydrogen-bond donors (Lipinski definition) is 2. The maximum absolute atomic E-state index is 5.69. The summed E-state index contributed by atoms with van der Waals surface area (Å²) >= 11 is 0. The third kappa shape index (κ3) is 4.19. The fourth-order valence-corrected chi connectivity index (χ4v) is 2.70. The van der Waals surface area contributed by atoms with Crippen molar-refractivity contribution in [3.63, 3.8) is 0 Å². The number of hydrogen-bond acceptors (Lipinski definition) is 3. The third-order valence-electron chi connectivity index (χ3n) is 3.64. The summed E-state index contributed by atoms with van der Waals surface area (Å²) < 4.78 is 5.33. The standard InChI is InChI=1S/C16H26N4O/c1-3-21-10-6-9-18-16(19-17)20-12-13(2)11-14-7-4-5-8-15(14)20/h4-5,7-8,13H,3,6,9-12,17H2,1-2H3,(H,18,19). The molecule has 116 valence electrons. The molecule has 2 rings (SSSR count). The van der Waals surface area contributed by atoms with E-state index in [0.717, 1.165) is 38.6 Å². The average molecular weight is 290 g/mol. The molecule has 1 aliphatic rings. The smallest absolute Gasteiger partial charge is 0.212 e. The Balaban J connectivity index is 2.09. The molecule has 0 amide bonds. The van der Waals surface area contributed by atoms with E-state index in [1.165, 1.54) is 11.3 Å². The Bertz CT molecular complexity index is 475. The Labute approximate surface area is 127 Å². The number of nitrogens with one attached hydrogen (secondary N) is 1. The molecule has 5 nitrogen and oxygen atoms in total. The highest BCUT2D eigenvalue weighted by molar-refractivity contribution is 5.96. The van der Waals surface area contributed by atoms with Crippen LogP contribution >= 0.6 is 0 Å². The van der Waals surface area contributed by atoms with Crippen molar-refractivity contribution in [1.82, 2.24) is 5.43 Å². The zero-order valence-corrected chi connectivity index (χ0v) is 13.0. The second kappa shape index (κ2) is 8.00. The van der Waals surface area contributed by atoms with Crippen molar-refractivity contribution in [2.45, 2.75) is 26.7 Å². The number of ether oxygens (including phenoxy) is 1. The molecule has 1 heterocycles. The summed E-state index contributed by atoms with van der Waals surface area (Å²) in [5.41, 5.74) is 5.32. The van der Waals surface area contributed by atoms with E-state index in [-0.39, 0.29) is 0 Å². The lowest BCUT2D eigenvalue weighted by Gasteiger charge is -2.34. The number of hydrazine groups is 1. The van der Waals surface area contributed by atoms with Gasteiger partial charge >= 0.3 is 0 Å². The summed E-state index contributed by atoms with van der Waals surface area (Å²) in [5.74, 6) is 7.02. The molecule has 1 unspecified atom stereocenters. The largest absolute Gasteiger partial charge is 0.382 e. The van der Waals surface area contributed by atoms with Crippen molar-refractivity contribution < 1.29 is 4.74 Å². The van der Waals surface area contributed by atoms with E-state index in [0.29, 0.717) is 12.5 Å². The number of fused-ring (bicyclic) bond motifs is 1. The first-order valence-electron chi connectivity index (χ1n) is 7.70. The summed E-state index contributed by atoms with van der Waals surface area (Å²) in [6, 6.07) is 8.46. The topological polar surface area (TPSA) is 62.9 Å². The third-order valence-corrected chi connectivity index (χ3v) is 3.64. The predicted octanol–water partition coefficient (Wildman–Crippen LogP) is 1.93. The summed E-state index contributed by atoms with van der Waals surface area (Å²) in [5, 5.41) is 0. The zero-order chi connectivity index (χ0) is 15.1. The van der Waals surface area contributed by atoms with Gasteiger partial charge in [0.2, 0.25) is 5.96 Å². The van der Waals surface area contributed by atoms with E-state index >= 15 is 0 Å². The van der Waals surface area contributed by atoms with E-state index < -0.39 is 0 Å². The molecule has 1 atom stereocenters. The summed E-state index contributed by atoms with van der Waals surface area (Å²) in [7, 11) is 0. The van der Waals surface area contributed by atoms with Crippen LogP contribution in [0.2, 0.25) is 0 Å². The minimum absolute atomic E-state index is 0.585. The highest BCUT2D eigenvalue weighted by Gasteiger charge is 2.24. The van der Waals surface area contributed by atoms with E-state index in [2.05, 4.69) is 46.5 Å². The van der Waals surface area contributed by atoms with Gasteiger partial charge in [0.05, 0.1) is 0 Å². The van der Waals surface area contributed by atoms with Gasteiger partial charge in [0, 0.05) is 32.0 Å². The van der Waals surface area contributed by atoms with Gasteiger partial charge in [-0.1, -0.05) is 25.1 Å². The van der Waals surface area contributed by atoms with Crippen molar-refractivity contribution in [2.75, 3.05) is 31.2 Å². The molecule has 0 fully saturated rings. The van der Waals surface area contributed by atoms with Crippen LogP contribution in [0.1, 0.15) is 25.8 Å². The van der Waals surface area contributed by atoms with Crippen LogP contribution in [-0.4, -0.2) is 32.3 Å². The molecule has 3 N–H and O–H groups in total. The molecular weight excluding hydrogens is 264 g/mol. The number of rotatable bonds is 5. The Morgan fingerprint density at radius 2 is 2.29 bits per heavy atom. The van der Waals surface area contributed by atoms with Crippen LogP contribution in [0, 0.1) is 5.92 Å². The number of guanidine groups is 1. The minimum Gasteiger partial charge on any atom is -0.382 e. The van der Waals surface area contributed by atoms with Crippen LogP contribution in [0.15, 0.2) is 29.3 Å². The molecule has 0 aromatic heterocycles. The number of aliphatic imine (C=N–C) groups is 1. The van der Waals surface area contributed by atoms with Crippen LogP contribution in [0.4, 0.5) is 5.69 Å². The molecule has 1 aromatic carbocycles. The summed E-state index contributed by atoms with van der Waals surface area (Å²) in [4.78, 5) is 6.78. The van der Waals surface area contributed by atoms with E-state index in [4.69, 9.17) is 10.6 Å². The van der Waals surface area contributed by atoms with Gasteiger partial charge in [0.1, 0.15) is 0 Å². The molecule has 1 aromatic rings. The molecular formula is C16H26N4O. The molecule has 0 spiro atoms. The van der Waals surface area contributed by atoms with Crippen LogP contribution in [-0.2, 0) is 11.2 Å². The lowest BCUT2D eigenvalue weighted by Crippen LogP contribution is -2.49. The van der Waals surface area contributed by atoms with Crippen LogP contribution in [0.3, 0.4) is 0 Å². The number of para-hydroxylation sites is 1. The molecule has 5 heteroatoms. The normalized spacial score (nSPS) is 18.5. The van der Waals surface area contributed by atoms with Crippen LogP contribution < -0.4 is 16.2 Å². The van der Waals surface area contributed by atoms with E-state index in [1.54, 1.807) is 0 Å². The quantitative estimate of drug-likeness (QED) is 0.286. The molecule has 0 saturated carbocycles. The van der Waals surface area contributed by atoms with Gasteiger partial charge in [-0.15, -0.1) is 0 Å². The molecule has 0 radical (unpaired) electrons. The second-order valence-corrected chi connectivity index (χ2v) is 5.45. The summed E-state index contributed by atoms with van der Waals surface area (Å²) in [6.07, 6.45) is 2.01. The van der Waals surface area contributed by atoms with Gasteiger partial charge in [-0.25, -0.2) is 5.84 Å². The first-order valence-corrected chi connectivity index (χ1v) is 7.70. The average Bonchev–Trinajstić information content (AvgIpc) is 2.50. The molecule has 0 bridgehead atoms.